The number of amides is 1. The van der Waals surface area contributed by atoms with Crippen molar-refractivity contribution in [3.05, 3.63) is 35.9 Å². The van der Waals surface area contributed by atoms with Crippen molar-refractivity contribution < 1.29 is 19.0 Å². The molecule has 0 heterocycles. The number of methoxy groups -OCH3 is 3. The summed E-state index contributed by atoms with van der Waals surface area (Å²) in [5.41, 5.74) is 0.556. The number of nitrogens with one attached hydrogen (secondary N) is 1. The molecule has 0 radical (unpaired) electrons. The summed E-state index contributed by atoms with van der Waals surface area (Å²) >= 11 is 0. The molecule has 5 nitrogen and oxygen atoms in total. The highest BCUT2D eigenvalue weighted by atomic mass is 16.7. The van der Waals surface area contributed by atoms with Crippen LogP contribution in [0.15, 0.2) is 30.3 Å². The van der Waals surface area contributed by atoms with Crippen molar-refractivity contribution in [2.24, 2.45) is 0 Å². The monoisotopic (exact) mass is 239 g/mol. The SMILES string of the molecule is COC(NC(=O)c1ccccc1)C(OC)OC. The summed E-state index contributed by atoms with van der Waals surface area (Å²) in [6.07, 6.45) is -1.30. The molecule has 5 heteroatoms. The van der Waals surface area contributed by atoms with Crippen molar-refractivity contribution in [3.8, 4) is 0 Å². The molecule has 1 aromatic rings. The first-order chi connectivity index (χ1) is 8.22. The van der Waals surface area contributed by atoms with Gasteiger partial charge in [-0.1, -0.05) is 18.2 Å². The maximum Gasteiger partial charge on any atom is 0.253 e. The lowest BCUT2D eigenvalue weighted by Crippen LogP contribution is -2.46. The predicted molar refractivity (Wildman–Crippen MR) is 62.5 cm³/mol. The Balaban J connectivity index is 2.66. The second-order valence-electron chi connectivity index (χ2n) is 3.34. The molecule has 0 spiro atoms. The lowest BCUT2D eigenvalue weighted by Gasteiger charge is -2.24. The van der Waals surface area contributed by atoms with Crippen molar-refractivity contribution >= 4 is 5.91 Å². The normalized spacial score (nSPS) is 12.5. The highest BCUT2D eigenvalue weighted by Gasteiger charge is 2.22. The summed E-state index contributed by atoms with van der Waals surface area (Å²) in [5.74, 6) is -0.239. The van der Waals surface area contributed by atoms with Gasteiger partial charge in [-0.05, 0) is 12.1 Å². The first-order valence-corrected chi connectivity index (χ1v) is 5.17. The Hall–Kier alpha value is -1.43. The molecule has 0 saturated heterocycles. The maximum atomic E-state index is 11.8. The summed E-state index contributed by atoms with van der Waals surface area (Å²) in [6.45, 7) is 0. The summed E-state index contributed by atoms with van der Waals surface area (Å²) in [7, 11) is 4.44. The number of ether oxygens (including phenoxy) is 3. The summed E-state index contributed by atoms with van der Waals surface area (Å²) in [4.78, 5) is 11.8. The fourth-order valence-electron chi connectivity index (χ4n) is 1.38. The molecule has 17 heavy (non-hydrogen) atoms. The van der Waals surface area contributed by atoms with E-state index in [1.807, 2.05) is 6.07 Å². The van der Waals surface area contributed by atoms with Gasteiger partial charge in [0.2, 0.25) is 6.29 Å². The van der Waals surface area contributed by atoms with Gasteiger partial charge in [-0.25, -0.2) is 0 Å². The smallest absolute Gasteiger partial charge is 0.253 e. The van der Waals surface area contributed by atoms with Gasteiger partial charge in [0, 0.05) is 26.9 Å². The summed E-state index contributed by atoms with van der Waals surface area (Å²) < 4.78 is 15.2. The Morgan fingerprint density at radius 3 is 2.12 bits per heavy atom. The number of hydrogen-bond donors (Lipinski definition) is 1. The molecule has 1 rings (SSSR count). The lowest BCUT2D eigenvalue weighted by atomic mass is 10.2. The third kappa shape index (κ3) is 3.81. The third-order valence-electron chi connectivity index (χ3n) is 2.28. The van der Waals surface area contributed by atoms with Crippen LogP contribution in [0.25, 0.3) is 0 Å². The van der Waals surface area contributed by atoms with Crippen molar-refractivity contribution in [1.82, 2.24) is 5.32 Å². The second-order valence-corrected chi connectivity index (χ2v) is 3.34. The molecular weight excluding hydrogens is 222 g/mol. The molecule has 0 fully saturated rings. The fraction of sp³-hybridized carbons (Fsp3) is 0.417. The Labute approximate surface area is 101 Å². The zero-order chi connectivity index (χ0) is 12.7. The van der Waals surface area contributed by atoms with E-state index in [0.717, 1.165) is 0 Å². The first-order valence-electron chi connectivity index (χ1n) is 5.17. The van der Waals surface area contributed by atoms with E-state index in [4.69, 9.17) is 14.2 Å². The average Bonchev–Trinajstić information content (AvgIpc) is 2.39. The predicted octanol–water partition coefficient (Wildman–Crippen LogP) is 1.01. The molecule has 1 aromatic carbocycles. The standard InChI is InChI=1S/C12H17NO4/c1-15-11(12(16-2)17-3)13-10(14)9-7-5-4-6-8-9/h4-8,11-12H,1-3H3,(H,13,14). The topological polar surface area (TPSA) is 56.8 Å². The zero-order valence-electron chi connectivity index (χ0n) is 10.2. The Bertz CT molecular complexity index is 338. The van der Waals surface area contributed by atoms with E-state index in [9.17, 15) is 4.79 Å². The Morgan fingerprint density at radius 1 is 1.06 bits per heavy atom. The van der Waals surface area contributed by atoms with Gasteiger partial charge in [0.25, 0.3) is 5.91 Å². The van der Waals surface area contributed by atoms with Crippen molar-refractivity contribution in [2.45, 2.75) is 12.5 Å². The molecule has 1 atom stereocenters. The first kappa shape index (κ1) is 13.6. The van der Waals surface area contributed by atoms with E-state index in [0.29, 0.717) is 5.56 Å². The number of carbonyl (C=O) groups is 1. The van der Waals surface area contributed by atoms with E-state index >= 15 is 0 Å². The molecule has 94 valence electrons. The van der Waals surface area contributed by atoms with E-state index in [-0.39, 0.29) is 5.91 Å². The van der Waals surface area contributed by atoms with Gasteiger partial charge in [-0.3, -0.25) is 4.79 Å². The highest BCUT2D eigenvalue weighted by molar-refractivity contribution is 5.94. The highest BCUT2D eigenvalue weighted by Crippen LogP contribution is 2.04. The van der Waals surface area contributed by atoms with Crippen LogP contribution in [0.2, 0.25) is 0 Å². The van der Waals surface area contributed by atoms with Crippen molar-refractivity contribution in [3.63, 3.8) is 0 Å². The molecule has 0 saturated carbocycles. The van der Waals surface area contributed by atoms with E-state index < -0.39 is 12.5 Å². The van der Waals surface area contributed by atoms with Crippen LogP contribution in [0.4, 0.5) is 0 Å². The second kappa shape index (κ2) is 7.01. The lowest BCUT2D eigenvalue weighted by molar-refractivity contribution is -0.178. The van der Waals surface area contributed by atoms with Crippen molar-refractivity contribution in [1.29, 1.82) is 0 Å². The number of rotatable bonds is 6. The van der Waals surface area contributed by atoms with Crippen LogP contribution in [0.1, 0.15) is 10.4 Å². The minimum atomic E-state index is -0.655. The molecule has 0 bridgehead atoms. The Morgan fingerprint density at radius 2 is 1.65 bits per heavy atom. The van der Waals surface area contributed by atoms with E-state index in [1.54, 1.807) is 24.3 Å². The van der Waals surface area contributed by atoms with Gasteiger partial charge >= 0.3 is 0 Å². The van der Waals surface area contributed by atoms with Crippen LogP contribution in [0.5, 0.6) is 0 Å². The number of carbonyl (C=O) groups excluding carboxylic acids is 1. The van der Waals surface area contributed by atoms with Crippen LogP contribution in [-0.2, 0) is 14.2 Å². The average molecular weight is 239 g/mol. The summed E-state index contributed by atoms with van der Waals surface area (Å²) in [6, 6.07) is 8.87. The van der Waals surface area contributed by atoms with Crippen LogP contribution in [0.3, 0.4) is 0 Å². The molecule has 0 aliphatic heterocycles. The minimum Gasteiger partial charge on any atom is -0.356 e. The number of benzene rings is 1. The molecule has 0 aliphatic rings. The van der Waals surface area contributed by atoms with E-state index in [2.05, 4.69) is 5.32 Å². The third-order valence-corrected chi connectivity index (χ3v) is 2.28. The zero-order valence-corrected chi connectivity index (χ0v) is 10.2. The Kier molecular flexibility index (Phi) is 5.62. The molecule has 0 aromatic heterocycles. The van der Waals surface area contributed by atoms with Crippen LogP contribution >= 0.6 is 0 Å². The van der Waals surface area contributed by atoms with Gasteiger partial charge in [0.1, 0.15) is 0 Å². The fourth-order valence-corrected chi connectivity index (χ4v) is 1.38. The largest absolute Gasteiger partial charge is 0.356 e. The van der Waals surface area contributed by atoms with Crippen LogP contribution in [0, 0.1) is 0 Å². The molecule has 1 N–H and O–H groups in total. The maximum absolute atomic E-state index is 11.8. The van der Waals surface area contributed by atoms with E-state index in [1.165, 1.54) is 21.3 Å². The van der Waals surface area contributed by atoms with Gasteiger partial charge in [-0.15, -0.1) is 0 Å². The quantitative estimate of drug-likeness (QED) is 0.753. The van der Waals surface area contributed by atoms with Gasteiger partial charge in [0.05, 0.1) is 0 Å². The molecule has 1 unspecified atom stereocenters. The summed E-state index contributed by atoms with van der Waals surface area (Å²) in [5, 5.41) is 2.67. The van der Waals surface area contributed by atoms with Crippen molar-refractivity contribution in [2.75, 3.05) is 21.3 Å². The molecular formula is C12H17NO4. The van der Waals surface area contributed by atoms with Gasteiger partial charge in [-0.2, -0.15) is 0 Å². The van der Waals surface area contributed by atoms with Crippen LogP contribution < -0.4 is 5.32 Å². The van der Waals surface area contributed by atoms with Gasteiger partial charge in [0.15, 0.2) is 6.23 Å². The molecule has 1 amide bonds. The number of hydrogen-bond acceptors (Lipinski definition) is 4. The van der Waals surface area contributed by atoms with Gasteiger partial charge < -0.3 is 19.5 Å². The minimum absolute atomic E-state index is 0.239. The van der Waals surface area contributed by atoms with Crippen LogP contribution in [-0.4, -0.2) is 39.8 Å². The molecule has 0 aliphatic carbocycles.